The van der Waals surface area contributed by atoms with Crippen molar-refractivity contribution in [1.29, 1.82) is 0 Å². The van der Waals surface area contributed by atoms with E-state index in [1.165, 1.54) is 6.07 Å². The van der Waals surface area contributed by atoms with Gasteiger partial charge in [-0.05, 0) is 30.9 Å². The summed E-state index contributed by atoms with van der Waals surface area (Å²) in [6, 6.07) is 2.40. The average molecular weight is 228 g/mol. The molecule has 1 aromatic rings. The molecule has 4 heteroatoms. The van der Waals surface area contributed by atoms with Gasteiger partial charge in [-0.2, -0.15) is 0 Å². The molecule has 0 unspecified atom stereocenters. The van der Waals surface area contributed by atoms with Crippen molar-refractivity contribution in [3.8, 4) is 0 Å². The Kier molecular flexibility index (Phi) is 4.52. The van der Waals surface area contributed by atoms with Gasteiger partial charge in [-0.3, -0.25) is 0 Å². The van der Waals surface area contributed by atoms with E-state index in [9.17, 15) is 8.78 Å². The van der Waals surface area contributed by atoms with E-state index < -0.39 is 11.6 Å². The Hall–Kier alpha value is -1.32. The highest BCUT2D eigenvalue weighted by molar-refractivity contribution is 5.66. The van der Waals surface area contributed by atoms with Crippen molar-refractivity contribution in [2.75, 3.05) is 17.6 Å². The fourth-order valence-electron chi connectivity index (χ4n) is 1.47. The van der Waals surface area contributed by atoms with Gasteiger partial charge in [0.1, 0.15) is 0 Å². The van der Waals surface area contributed by atoms with E-state index in [4.69, 9.17) is 5.73 Å². The number of halogens is 2. The van der Waals surface area contributed by atoms with Gasteiger partial charge in [0, 0.05) is 6.54 Å². The third-order valence-electron chi connectivity index (χ3n) is 2.39. The molecule has 90 valence electrons. The third kappa shape index (κ3) is 3.36. The van der Waals surface area contributed by atoms with Crippen LogP contribution in [0.25, 0.3) is 0 Å². The normalized spacial score (nSPS) is 10.8. The second kappa shape index (κ2) is 5.68. The van der Waals surface area contributed by atoms with Gasteiger partial charge in [-0.15, -0.1) is 0 Å². The minimum Gasteiger partial charge on any atom is -0.397 e. The zero-order valence-electron chi connectivity index (χ0n) is 9.69. The number of rotatable bonds is 5. The van der Waals surface area contributed by atoms with Gasteiger partial charge in [0.2, 0.25) is 0 Å². The van der Waals surface area contributed by atoms with Crippen molar-refractivity contribution >= 4 is 11.4 Å². The monoisotopic (exact) mass is 228 g/mol. The predicted octanol–water partition coefficient (Wildman–Crippen LogP) is 3.40. The SMILES string of the molecule is CC(C)CCCNc1c(N)ccc(F)c1F. The molecular weight excluding hydrogens is 210 g/mol. The minimum atomic E-state index is -0.899. The first-order valence-electron chi connectivity index (χ1n) is 5.49. The zero-order chi connectivity index (χ0) is 12.1. The maximum absolute atomic E-state index is 13.3. The van der Waals surface area contributed by atoms with E-state index in [0.29, 0.717) is 12.5 Å². The first-order valence-corrected chi connectivity index (χ1v) is 5.49. The molecule has 0 saturated carbocycles. The number of hydrogen-bond acceptors (Lipinski definition) is 2. The summed E-state index contributed by atoms with van der Waals surface area (Å²) < 4.78 is 26.3. The van der Waals surface area contributed by atoms with Crippen LogP contribution in [0.3, 0.4) is 0 Å². The van der Waals surface area contributed by atoms with Crippen LogP contribution in [0.1, 0.15) is 26.7 Å². The van der Waals surface area contributed by atoms with Crippen LogP contribution in [-0.2, 0) is 0 Å². The molecule has 0 aliphatic heterocycles. The lowest BCUT2D eigenvalue weighted by Crippen LogP contribution is -2.08. The third-order valence-corrected chi connectivity index (χ3v) is 2.39. The molecule has 0 aliphatic rings. The number of anilines is 2. The molecule has 0 fully saturated rings. The Morgan fingerprint density at radius 3 is 2.62 bits per heavy atom. The topological polar surface area (TPSA) is 38.0 Å². The summed E-state index contributed by atoms with van der Waals surface area (Å²) in [7, 11) is 0. The molecule has 0 aromatic heterocycles. The van der Waals surface area contributed by atoms with Gasteiger partial charge in [0.25, 0.3) is 0 Å². The summed E-state index contributed by atoms with van der Waals surface area (Å²) >= 11 is 0. The predicted molar refractivity (Wildman–Crippen MR) is 63.3 cm³/mol. The van der Waals surface area contributed by atoms with Crippen LogP contribution >= 0.6 is 0 Å². The van der Waals surface area contributed by atoms with Crippen molar-refractivity contribution in [3.63, 3.8) is 0 Å². The van der Waals surface area contributed by atoms with Crippen LogP contribution in [0.5, 0.6) is 0 Å². The molecule has 16 heavy (non-hydrogen) atoms. The van der Waals surface area contributed by atoms with Crippen molar-refractivity contribution < 1.29 is 8.78 Å². The Balaban J connectivity index is 2.56. The van der Waals surface area contributed by atoms with Crippen LogP contribution in [0.4, 0.5) is 20.2 Å². The smallest absolute Gasteiger partial charge is 0.183 e. The summed E-state index contributed by atoms with van der Waals surface area (Å²) in [6.45, 7) is 4.84. The highest BCUT2D eigenvalue weighted by atomic mass is 19.2. The number of benzene rings is 1. The number of nitrogen functional groups attached to an aromatic ring is 1. The lowest BCUT2D eigenvalue weighted by Gasteiger charge is -2.11. The van der Waals surface area contributed by atoms with Gasteiger partial charge >= 0.3 is 0 Å². The van der Waals surface area contributed by atoms with Gasteiger partial charge in [-0.1, -0.05) is 13.8 Å². The van der Waals surface area contributed by atoms with Crippen LogP contribution in [0.2, 0.25) is 0 Å². The lowest BCUT2D eigenvalue weighted by atomic mass is 10.1. The summed E-state index contributed by atoms with van der Waals surface area (Å²) in [5, 5.41) is 2.84. The highest BCUT2D eigenvalue weighted by Crippen LogP contribution is 2.24. The highest BCUT2D eigenvalue weighted by Gasteiger charge is 2.10. The van der Waals surface area contributed by atoms with Gasteiger partial charge in [0.05, 0.1) is 11.4 Å². The summed E-state index contributed by atoms with van der Waals surface area (Å²) in [4.78, 5) is 0. The fraction of sp³-hybridized carbons (Fsp3) is 0.500. The Bertz CT molecular complexity index is 351. The molecule has 0 spiro atoms. The molecule has 1 rings (SSSR count). The molecule has 0 atom stereocenters. The van der Waals surface area contributed by atoms with Crippen molar-refractivity contribution in [2.24, 2.45) is 5.92 Å². The van der Waals surface area contributed by atoms with Crippen molar-refractivity contribution in [1.82, 2.24) is 0 Å². The van der Waals surface area contributed by atoms with E-state index in [2.05, 4.69) is 19.2 Å². The van der Waals surface area contributed by atoms with Crippen LogP contribution in [0.15, 0.2) is 12.1 Å². The van der Waals surface area contributed by atoms with Crippen LogP contribution in [-0.4, -0.2) is 6.54 Å². The first-order chi connectivity index (χ1) is 7.52. The fourth-order valence-corrected chi connectivity index (χ4v) is 1.47. The Morgan fingerprint density at radius 1 is 1.31 bits per heavy atom. The van der Waals surface area contributed by atoms with Gasteiger partial charge in [-0.25, -0.2) is 8.78 Å². The standard InChI is InChI=1S/C12H18F2N2/c1-8(2)4-3-7-16-12-10(15)6-5-9(13)11(12)14/h5-6,8,16H,3-4,7,15H2,1-2H3. The van der Waals surface area contributed by atoms with Crippen molar-refractivity contribution in [2.45, 2.75) is 26.7 Å². The second-order valence-corrected chi connectivity index (χ2v) is 4.29. The molecule has 1 aromatic carbocycles. The van der Waals surface area contributed by atoms with Crippen molar-refractivity contribution in [3.05, 3.63) is 23.8 Å². The summed E-state index contributed by atoms with van der Waals surface area (Å²) in [6.07, 6.45) is 1.96. The minimum absolute atomic E-state index is 0.0729. The average Bonchev–Trinajstić information content (AvgIpc) is 2.22. The first kappa shape index (κ1) is 12.7. The maximum Gasteiger partial charge on any atom is 0.183 e. The Morgan fingerprint density at radius 2 is 2.00 bits per heavy atom. The van der Waals surface area contributed by atoms with Gasteiger partial charge in [0.15, 0.2) is 11.6 Å². The molecule has 0 heterocycles. The molecule has 0 bridgehead atoms. The lowest BCUT2D eigenvalue weighted by molar-refractivity contribution is 0.510. The molecule has 3 N–H and O–H groups in total. The molecule has 0 saturated heterocycles. The van der Waals surface area contributed by atoms with Crippen LogP contribution < -0.4 is 11.1 Å². The molecular formula is C12H18F2N2. The maximum atomic E-state index is 13.3. The van der Waals surface area contributed by atoms with E-state index >= 15 is 0 Å². The van der Waals surface area contributed by atoms with Gasteiger partial charge < -0.3 is 11.1 Å². The van der Waals surface area contributed by atoms with E-state index in [0.717, 1.165) is 18.9 Å². The Labute approximate surface area is 94.8 Å². The summed E-state index contributed by atoms with van der Waals surface area (Å²) in [5.74, 6) is -1.17. The molecule has 0 radical (unpaired) electrons. The molecule has 0 amide bonds. The number of nitrogens with one attached hydrogen (secondary N) is 1. The van der Waals surface area contributed by atoms with Crippen LogP contribution in [0, 0.1) is 17.6 Å². The second-order valence-electron chi connectivity index (χ2n) is 4.29. The quantitative estimate of drug-likeness (QED) is 0.598. The largest absolute Gasteiger partial charge is 0.397 e. The molecule has 2 nitrogen and oxygen atoms in total. The van der Waals surface area contributed by atoms with E-state index in [-0.39, 0.29) is 11.4 Å². The zero-order valence-corrected chi connectivity index (χ0v) is 9.69. The number of hydrogen-bond donors (Lipinski definition) is 2. The van der Waals surface area contributed by atoms with E-state index in [1.54, 1.807) is 0 Å². The van der Waals surface area contributed by atoms with E-state index in [1.807, 2.05) is 0 Å². The summed E-state index contributed by atoms with van der Waals surface area (Å²) in [5.41, 5.74) is 5.88. The molecule has 0 aliphatic carbocycles. The number of nitrogens with two attached hydrogens (primary N) is 1.